The van der Waals surface area contributed by atoms with Gasteiger partial charge < -0.3 is 4.74 Å². The summed E-state index contributed by atoms with van der Waals surface area (Å²) < 4.78 is 7.34. The summed E-state index contributed by atoms with van der Waals surface area (Å²) in [5.74, 6) is 5.06. The second-order valence-electron chi connectivity index (χ2n) is 18.8. The fraction of sp³-hybridized carbons (Fsp3) is 0.316. The van der Waals surface area contributed by atoms with Crippen molar-refractivity contribution < 1.29 is 4.74 Å². The highest BCUT2D eigenvalue weighted by Crippen LogP contribution is 2.60. The van der Waals surface area contributed by atoms with Crippen LogP contribution in [0, 0.1) is 11.8 Å². The first-order valence-electron chi connectivity index (χ1n) is 23.3. The van der Waals surface area contributed by atoms with Gasteiger partial charge in [-0.05, 0) is 115 Å². The van der Waals surface area contributed by atoms with Crippen LogP contribution in [0.25, 0.3) is 45.3 Å². The molecule has 10 unspecified atom stereocenters. The SMILES string of the molecule is c1ccc(-c2nc(-c3ccccc3)nc(-c3cccc(-c4cccc(C5CCC6C(C5)C5C(c7ccccc7)CCC7OC8CC(c9ccccc9)CCC8N6C75)c4)c3)n2)cc1. The van der Waals surface area contributed by atoms with Gasteiger partial charge in [-0.15, -0.1) is 0 Å². The summed E-state index contributed by atoms with van der Waals surface area (Å²) in [7, 11) is 0. The molecular formula is C57H54N4O. The fourth-order valence-corrected chi connectivity index (χ4v) is 12.9. The Balaban J connectivity index is 0.849. The van der Waals surface area contributed by atoms with Crippen molar-refractivity contribution in [2.45, 2.75) is 99.5 Å². The smallest absolute Gasteiger partial charge is 0.164 e. The Hall–Kier alpha value is -5.75. The van der Waals surface area contributed by atoms with Gasteiger partial charge in [-0.1, -0.05) is 164 Å². The van der Waals surface area contributed by atoms with Gasteiger partial charge in [0.05, 0.1) is 12.2 Å². The Morgan fingerprint density at radius 1 is 0.403 bits per heavy atom. The third-order valence-corrected chi connectivity index (χ3v) is 15.6. The summed E-state index contributed by atoms with van der Waals surface area (Å²) in [6.07, 6.45) is 10.5. The van der Waals surface area contributed by atoms with E-state index in [1.54, 1.807) is 5.56 Å². The molecule has 5 aliphatic rings. The summed E-state index contributed by atoms with van der Waals surface area (Å²) in [5.41, 5.74) is 9.91. The van der Waals surface area contributed by atoms with E-state index >= 15 is 0 Å². The lowest BCUT2D eigenvalue weighted by Gasteiger charge is -2.55. The van der Waals surface area contributed by atoms with Gasteiger partial charge in [0.15, 0.2) is 17.5 Å². The molecule has 5 nitrogen and oxygen atoms in total. The van der Waals surface area contributed by atoms with Crippen LogP contribution in [0.1, 0.15) is 85.8 Å². The highest BCUT2D eigenvalue weighted by Gasteiger charge is 2.62. The van der Waals surface area contributed by atoms with Crippen molar-refractivity contribution in [3.05, 3.63) is 187 Å². The standard InChI is InChI=1S/C57H54N4O/c1-5-15-37(16-6-1)45-28-31-50-52(36-45)62-51-32-29-47(38-17-7-2-8-18-38)53-48-35-44(27-30-49(48)61(50)54(51)53)42-24-13-23-41(33-42)43-25-14-26-46(34-43)57-59-55(39-19-9-3-10-20-39)58-56(60-57)40-21-11-4-12-22-40/h1-26,33-34,44-45,47-54H,27-32,35-36H2. The van der Waals surface area contributed by atoms with Crippen LogP contribution < -0.4 is 0 Å². The molecule has 3 aliphatic carbocycles. The van der Waals surface area contributed by atoms with Crippen LogP contribution in [0.4, 0.5) is 0 Å². The normalized spacial score (nSPS) is 29.0. The van der Waals surface area contributed by atoms with Crippen molar-refractivity contribution in [1.29, 1.82) is 0 Å². The fourth-order valence-electron chi connectivity index (χ4n) is 12.9. The number of hydrogen-bond donors (Lipinski definition) is 0. The first kappa shape index (κ1) is 38.0. The topological polar surface area (TPSA) is 51.1 Å². The highest BCUT2D eigenvalue weighted by molar-refractivity contribution is 5.73. The third kappa shape index (κ3) is 6.91. The number of ether oxygens (including phenoxy) is 1. The lowest BCUT2D eigenvalue weighted by atomic mass is 9.63. The summed E-state index contributed by atoms with van der Waals surface area (Å²) in [4.78, 5) is 18.1. The van der Waals surface area contributed by atoms with Gasteiger partial charge in [-0.25, -0.2) is 15.0 Å². The molecule has 2 aliphatic heterocycles. The predicted octanol–water partition coefficient (Wildman–Crippen LogP) is 12.8. The molecule has 10 atom stereocenters. The second-order valence-corrected chi connectivity index (χ2v) is 18.8. The molecule has 7 aromatic rings. The molecule has 12 rings (SSSR count). The second kappa shape index (κ2) is 16.2. The number of aromatic nitrogens is 3. The zero-order valence-electron chi connectivity index (χ0n) is 35.3. The van der Waals surface area contributed by atoms with Crippen LogP contribution in [0.2, 0.25) is 0 Å². The van der Waals surface area contributed by atoms with Crippen molar-refractivity contribution in [2.24, 2.45) is 11.8 Å². The minimum Gasteiger partial charge on any atom is -0.372 e. The minimum absolute atomic E-state index is 0.334. The van der Waals surface area contributed by atoms with E-state index in [1.807, 2.05) is 36.4 Å². The summed E-state index contributed by atoms with van der Waals surface area (Å²) in [6, 6.07) is 63.2. The average molecular weight is 811 g/mol. The van der Waals surface area contributed by atoms with Crippen LogP contribution in [0.3, 0.4) is 0 Å². The first-order chi connectivity index (χ1) is 30.7. The molecule has 0 spiro atoms. The van der Waals surface area contributed by atoms with E-state index in [1.165, 1.54) is 67.2 Å². The van der Waals surface area contributed by atoms with Gasteiger partial charge in [-0.2, -0.15) is 0 Å². The van der Waals surface area contributed by atoms with Crippen LogP contribution in [-0.2, 0) is 4.74 Å². The molecule has 0 amide bonds. The van der Waals surface area contributed by atoms with Crippen LogP contribution >= 0.6 is 0 Å². The van der Waals surface area contributed by atoms with E-state index in [4.69, 9.17) is 19.7 Å². The van der Waals surface area contributed by atoms with Gasteiger partial charge in [0.1, 0.15) is 0 Å². The summed E-state index contributed by atoms with van der Waals surface area (Å²) in [5, 5.41) is 0. The molecule has 5 fully saturated rings. The van der Waals surface area contributed by atoms with E-state index in [0.29, 0.717) is 77.4 Å². The largest absolute Gasteiger partial charge is 0.372 e. The molecular weight excluding hydrogens is 757 g/mol. The van der Waals surface area contributed by atoms with Crippen LogP contribution in [0.5, 0.6) is 0 Å². The van der Waals surface area contributed by atoms with Gasteiger partial charge in [0.25, 0.3) is 0 Å². The minimum atomic E-state index is 0.334. The lowest BCUT2D eigenvalue weighted by Crippen LogP contribution is -2.64. The van der Waals surface area contributed by atoms with E-state index in [9.17, 15) is 0 Å². The van der Waals surface area contributed by atoms with E-state index < -0.39 is 0 Å². The number of morpholine rings is 1. The maximum atomic E-state index is 7.34. The third-order valence-electron chi connectivity index (χ3n) is 15.6. The Bertz CT molecular complexity index is 2600. The van der Waals surface area contributed by atoms with Gasteiger partial charge in [0, 0.05) is 34.8 Å². The molecule has 6 aromatic carbocycles. The Morgan fingerprint density at radius 2 is 0.919 bits per heavy atom. The van der Waals surface area contributed by atoms with E-state index in [2.05, 4.69) is 138 Å². The molecule has 0 radical (unpaired) electrons. The highest BCUT2D eigenvalue weighted by atomic mass is 16.5. The molecule has 0 N–H and O–H groups in total. The molecule has 1 aromatic heterocycles. The van der Waals surface area contributed by atoms with E-state index in [-0.39, 0.29) is 0 Å². The van der Waals surface area contributed by atoms with Crippen molar-refractivity contribution >= 4 is 0 Å². The van der Waals surface area contributed by atoms with Crippen molar-refractivity contribution in [1.82, 2.24) is 19.9 Å². The monoisotopic (exact) mass is 810 g/mol. The maximum absolute atomic E-state index is 7.34. The molecule has 308 valence electrons. The Morgan fingerprint density at radius 3 is 1.60 bits per heavy atom. The first-order valence-corrected chi connectivity index (χ1v) is 23.3. The molecule has 2 saturated heterocycles. The van der Waals surface area contributed by atoms with Gasteiger partial charge in [0.2, 0.25) is 0 Å². The molecule has 3 heterocycles. The Labute approximate surface area is 366 Å². The Kier molecular flexibility index (Phi) is 9.91. The number of rotatable bonds is 7. The van der Waals surface area contributed by atoms with Gasteiger partial charge >= 0.3 is 0 Å². The average Bonchev–Trinajstić information content (AvgIpc) is 3.70. The molecule has 0 bridgehead atoms. The number of nitrogens with zero attached hydrogens (tertiary/aromatic N) is 4. The molecule has 62 heavy (non-hydrogen) atoms. The maximum Gasteiger partial charge on any atom is 0.164 e. The predicted molar refractivity (Wildman–Crippen MR) is 248 cm³/mol. The summed E-state index contributed by atoms with van der Waals surface area (Å²) in [6.45, 7) is 0. The number of fused-ring (bicyclic) bond motifs is 5. The number of hydrogen-bond acceptors (Lipinski definition) is 5. The zero-order valence-corrected chi connectivity index (χ0v) is 35.3. The quantitative estimate of drug-likeness (QED) is 0.160. The van der Waals surface area contributed by atoms with Crippen LogP contribution in [0.15, 0.2) is 170 Å². The zero-order chi connectivity index (χ0) is 41.0. The molecule has 5 heteroatoms. The molecule has 3 saturated carbocycles. The summed E-state index contributed by atoms with van der Waals surface area (Å²) >= 11 is 0. The number of benzene rings is 6. The van der Waals surface area contributed by atoms with Gasteiger partial charge in [-0.3, -0.25) is 4.90 Å². The van der Waals surface area contributed by atoms with Crippen molar-refractivity contribution in [2.75, 3.05) is 0 Å². The van der Waals surface area contributed by atoms with Crippen molar-refractivity contribution in [3.63, 3.8) is 0 Å². The van der Waals surface area contributed by atoms with E-state index in [0.717, 1.165) is 23.1 Å². The van der Waals surface area contributed by atoms with Crippen molar-refractivity contribution in [3.8, 4) is 45.3 Å². The lowest BCUT2D eigenvalue weighted by molar-refractivity contribution is -0.181. The van der Waals surface area contributed by atoms with Crippen LogP contribution in [-0.4, -0.2) is 50.2 Å².